The molecule has 0 saturated heterocycles. The third-order valence-corrected chi connectivity index (χ3v) is 5.28. The van der Waals surface area contributed by atoms with Crippen LogP contribution in [0.5, 0.6) is 5.75 Å². The van der Waals surface area contributed by atoms with E-state index in [1.165, 1.54) is 13.5 Å². The number of hydrogen-bond donors (Lipinski definition) is 3. The average Bonchev–Trinajstić information content (AvgIpc) is 3.42. The summed E-state index contributed by atoms with van der Waals surface area (Å²) in [5.41, 5.74) is 3.79. The number of hydrogen-bond acceptors (Lipinski definition) is 6. The van der Waals surface area contributed by atoms with E-state index in [9.17, 15) is 14.4 Å². The van der Waals surface area contributed by atoms with Gasteiger partial charge in [-0.1, -0.05) is 29.8 Å². The Kier molecular flexibility index (Phi) is 7.40. The van der Waals surface area contributed by atoms with Crippen LogP contribution in [0.15, 0.2) is 83.7 Å². The van der Waals surface area contributed by atoms with Crippen molar-refractivity contribution in [2.24, 2.45) is 0 Å². The molecule has 3 amide bonds. The zero-order chi connectivity index (χ0) is 25.5. The van der Waals surface area contributed by atoms with E-state index >= 15 is 0 Å². The molecule has 0 atom stereocenters. The Morgan fingerprint density at radius 1 is 0.917 bits per heavy atom. The minimum Gasteiger partial charge on any atom is -0.496 e. The molecule has 0 radical (unpaired) electrons. The smallest absolute Gasteiger partial charge is 0.314 e. The quantitative estimate of drug-likeness (QED) is 0.339. The molecule has 36 heavy (non-hydrogen) atoms. The Labute approximate surface area is 207 Å². The molecule has 9 nitrogen and oxygen atoms in total. The first kappa shape index (κ1) is 24.2. The molecule has 3 N–H and O–H groups in total. The van der Waals surface area contributed by atoms with Gasteiger partial charge >= 0.3 is 11.8 Å². The fraction of sp³-hybridized carbons (Fsp3) is 0.111. The predicted molar refractivity (Wildman–Crippen MR) is 135 cm³/mol. The summed E-state index contributed by atoms with van der Waals surface area (Å²) >= 11 is 0. The van der Waals surface area contributed by atoms with Gasteiger partial charge in [0.25, 0.3) is 5.91 Å². The highest BCUT2D eigenvalue weighted by atomic mass is 16.5. The topological polar surface area (TPSA) is 123 Å². The number of anilines is 2. The maximum absolute atomic E-state index is 12.5. The third kappa shape index (κ3) is 5.95. The molecule has 1 aromatic heterocycles. The predicted octanol–water partition coefficient (Wildman–Crippen LogP) is 4.17. The number of oxazole rings is 1. The molecule has 0 aliphatic rings. The SMILES string of the molecule is COc1cc(NC(=O)C(=O)Nc2cccc(CNC(=O)c3cccc(C)c3)c2)ccc1-c1cnco1. The molecule has 1 heterocycles. The Hall–Kier alpha value is -4.92. The highest BCUT2D eigenvalue weighted by Gasteiger charge is 2.16. The van der Waals surface area contributed by atoms with Crippen LogP contribution in [0.1, 0.15) is 21.5 Å². The number of ether oxygens (including phenoxy) is 1. The molecule has 0 saturated carbocycles. The highest BCUT2D eigenvalue weighted by Crippen LogP contribution is 2.32. The van der Waals surface area contributed by atoms with E-state index in [1.54, 1.807) is 48.7 Å². The van der Waals surface area contributed by atoms with Gasteiger partial charge in [-0.15, -0.1) is 0 Å². The molecule has 0 aliphatic carbocycles. The van der Waals surface area contributed by atoms with Gasteiger partial charge in [0.2, 0.25) is 0 Å². The molecule has 182 valence electrons. The maximum Gasteiger partial charge on any atom is 0.314 e. The average molecular weight is 485 g/mol. The number of carbonyl (C=O) groups excluding carboxylic acids is 3. The van der Waals surface area contributed by atoms with Gasteiger partial charge in [0.1, 0.15) is 5.75 Å². The molecule has 4 aromatic rings. The minimum atomic E-state index is -0.845. The van der Waals surface area contributed by atoms with E-state index in [0.717, 1.165) is 11.1 Å². The highest BCUT2D eigenvalue weighted by molar-refractivity contribution is 6.43. The van der Waals surface area contributed by atoms with Crippen LogP contribution in [0, 0.1) is 6.92 Å². The number of rotatable bonds is 7. The zero-order valence-corrected chi connectivity index (χ0v) is 19.7. The van der Waals surface area contributed by atoms with Gasteiger partial charge in [-0.05, 0) is 48.9 Å². The van der Waals surface area contributed by atoms with Crippen LogP contribution in [0.25, 0.3) is 11.3 Å². The van der Waals surface area contributed by atoms with Crippen LogP contribution in [-0.4, -0.2) is 29.8 Å². The lowest BCUT2D eigenvalue weighted by Gasteiger charge is -2.11. The number of benzene rings is 3. The second kappa shape index (κ2) is 11.0. The molecule has 0 spiro atoms. The summed E-state index contributed by atoms with van der Waals surface area (Å²) in [7, 11) is 1.49. The molecule has 0 unspecified atom stereocenters. The standard InChI is InChI=1S/C27H24N4O5/c1-17-5-3-7-19(11-17)25(32)29-14-18-6-4-8-20(12-18)30-26(33)27(34)31-21-9-10-22(23(13-21)35-2)24-15-28-16-36-24/h3-13,15-16H,14H2,1-2H3,(H,29,32)(H,30,33)(H,31,34). The van der Waals surface area contributed by atoms with Crippen molar-refractivity contribution in [1.82, 2.24) is 10.3 Å². The third-order valence-electron chi connectivity index (χ3n) is 5.28. The number of amides is 3. The lowest BCUT2D eigenvalue weighted by Crippen LogP contribution is -2.29. The lowest BCUT2D eigenvalue weighted by molar-refractivity contribution is -0.132. The first-order valence-corrected chi connectivity index (χ1v) is 11.1. The van der Waals surface area contributed by atoms with E-state index in [2.05, 4.69) is 20.9 Å². The Balaban J connectivity index is 1.35. The van der Waals surface area contributed by atoms with Gasteiger partial charge in [0.15, 0.2) is 12.2 Å². The Morgan fingerprint density at radius 3 is 2.36 bits per heavy atom. The van der Waals surface area contributed by atoms with E-state index in [1.807, 2.05) is 31.2 Å². The van der Waals surface area contributed by atoms with Crippen molar-refractivity contribution in [2.45, 2.75) is 13.5 Å². The lowest BCUT2D eigenvalue weighted by atomic mass is 10.1. The summed E-state index contributed by atoms with van der Waals surface area (Å²) < 4.78 is 10.7. The molecule has 3 aromatic carbocycles. The number of nitrogens with zero attached hydrogens (tertiary/aromatic N) is 1. The summed E-state index contributed by atoms with van der Waals surface area (Å²) in [5, 5.41) is 7.98. The Morgan fingerprint density at radius 2 is 1.67 bits per heavy atom. The van der Waals surface area contributed by atoms with Crippen LogP contribution in [0.2, 0.25) is 0 Å². The first-order chi connectivity index (χ1) is 17.4. The van der Waals surface area contributed by atoms with Gasteiger partial charge in [0, 0.05) is 29.5 Å². The number of methoxy groups -OCH3 is 1. The molecule has 0 fully saturated rings. The minimum absolute atomic E-state index is 0.197. The maximum atomic E-state index is 12.5. The summed E-state index contributed by atoms with van der Waals surface area (Å²) in [5.74, 6) is -0.920. The van der Waals surface area contributed by atoms with Gasteiger partial charge in [-0.3, -0.25) is 14.4 Å². The van der Waals surface area contributed by atoms with Crippen molar-refractivity contribution >= 4 is 29.1 Å². The van der Waals surface area contributed by atoms with Crippen LogP contribution in [-0.2, 0) is 16.1 Å². The first-order valence-electron chi connectivity index (χ1n) is 11.1. The number of aromatic nitrogens is 1. The second-order valence-corrected chi connectivity index (χ2v) is 7.94. The number of carbonyl (C=O) groups is 3. The molecule has 0 bridgehead atoms. The van der Waals surface area contributed by atoms with Crippen molar-refractivity contribution in [3.63, 3.8) is 0 Å². The molecular weight excluding hydrogens is 460 g/mol. The van der Waals surface area contributed by atoms with E-state index < -0.39 is 11.8 Å². The van der Waals surface area contributed by atoms with E-state index in [4.69, 9.17) is 9.15 Å². The van der Waals surface area contributed by atoms with E-state index in [0.29, 0.717) is 34.0 Å². The summed E-state index contributed by atoms with van der Waals surface area (Å²) in [6.45, 7) is 2.18. The van der Waals surface area contributed by atoms with Crippen LogP contribution < -0.4 is 20.7 Å². The summed E-state index contributed by atoms with van der Waals surface area (Å²) in [6, 6.07) is 19.1. The number of nitrogens with one attached hydrogen (secondary N) is 3. The molecular formula is C27H24N4O5. The fourth-order valence-electron chi connectivity index (χ4n) is 3.53. The van der Waals surface area contributed by atoms with Crippen molar-refractivity contribution < 1.29 is 23.5 Å². The van der Waals surface area contributed by atoms with Crippen molar-refractivity contribution in [2.75, 3.05) is 17.7 Å². The van der Waals surface area contributed by atoms with Gasteiger partial charge in [-0.2, -0.15) is 0 Å². The normalized spacial score (nSPS) is 10.4. The van der Waals surface area contributed by atoms with Crippen LogP contribution in [0.3, 0.4) is 0 Å². The largest absolute Gasteiger partial charge is 0.496 e. The summed E-state index contributed by atoms with van der Waals surface area (Å²) in [4.78, 5) is 41.2. The van der Waals surface area contributed by atoms with Gasteiger partial charge < -0.3 is 25.1 Å². The van der Waals surface area contributed by atoms with Crippen LogP contribution >= 0.6 is 0 Å². The van der Waals surface area contributed by atoms with E-state index in [-0.39, 0.29) is 12.5 Å². The second-order valence-electron chi connectivity index (χ2n) is 7.94. The van der Waals surface area contributed by atoms with Gasteiger partial charge in [0.05, 0.1) is 18.9 Å². The monoisotopic (exact) mass is 484 g/mol. The Bertz CT molecular complexity index is 1400. The van der Waals surface area contributed by atoms with Crippen molar-refractivity contribution in [3.05, 3.63) is 96.0 Å². The molecule has 9 heteroatoms. The van der Waals surface area contributed by atoms with Gasteiger partial charge in [-0.25, -0.2) is 4.98 Å². The molecule has 4 rings (SSSR count). The van der Waals surface area contributed by atoms with Crippen molar-refractivity contribution in [3.8, 4) is 17.1 Å². The summed E-state index contributed by atoms with van der Waals surface area (Å²) in [6.07, 6.45) is 2.85. The fourth-order valence-corrected chi connectivity index (χ4v) is 3.53. The number of aryl methyl sites for hydroxylation is 1. The zero-order valence-electron chi connectivity index (χ0n) is 19.7. The van der Waals surface area contributed by atoms with Crippen molar-refractivity contribution in [1.29, 1.82) is 0 Å². The molecule has 0 aliphatic heterocycles. The van der Waals surface area contributed by atoms with Crippen LogP contribution in [0.4, 0.5) is 11.4 Å².